The first-order valence-corrected chi connectivity index (χ1v) is 23.4. The minimum atomic E-state index is -4.79. The number of rotatable bonds is 39. The van der Waals surface area contributed by atoms with Crippen molar-refractivity contribution in [1.29, 1.82) is 0 Å². The molecular formula is C45H81O9P. The van der Waals surface area contributed by atoms with Gasteiger partial charge in [-0.1, -0.05) is 185 Å². The number of aliphatic hydroxyl groups excluding tert-OH is 1. The Bertz CT molecular complexity index is 1060. The zero-order valence-corrected chi connectivity index (χ0v) is 36.0. The average Bonchev–Trinajstić information content (AvgIpc) is 3.13. The van der Waals surface area contributed by atoms with Crippen LogP contribution in [0.15, 0.2) is 48.6 Å². The molecule has 0 saturated carbocycles. The molecule has 0 rings (SSSR count). The normalized spacial score (nSPS) is 13.6. The van der Waals surface area contributed by atoms with Crippen molar-refractivity contribution < 1.29 is 43.0 Å². The molecule has 10 heteroatoms. The number of carbonyl (C=O) groups excluding carboxylic acids is 2. The van der Waals surface area contributed by atoms with Gasteiger partial charge in [0.2, 0.25) is 0 Å². The maximum atomic E-state index is 12.4. The molecule has 0 aliphatic heterocycles. The Balaban J connectivity index is 4.02. The molecule has 55 heavy (non-hydrogen) atoms. The highest BCUT2D eigenvalue weighted by Gasteiger charge is 2.22. The number of allylic oxidation sites excluding steroid dienone is 6. The van der Waals surface area contributed by atoms with Crippen molar-refractivity contribution >= 4 is 19.8 Å². The highest BCUT2D eigenvalue weighted by Crippen LogP contribution is 2.36. The van der Waals surface area contributed by atoms with Gasteiger partial charge in [-0.05, 0) is 50.9 Å². The molecule has 0 spiro atoms. The molecule has 0 amide bonds. The summed E-state index contributed by atoms with van der Waals surface area (Å²) in [7, 11) is -4.79. The van der Waals surface area contributed by atoms with Crippen LogP contribution in [0.1, 0.15) is 194 Å². The van der Waals surface area contributed by atoms with Crippen LogP contribution < -0.4 is 0 Å². The van der Waals surface area contributed by atoms with Crippen molar-refractivity contribution in [3.05, 3.63) is 48.6 Å². The molecule has 320 valence electrons. The Morgan fingerprint density at radius 1 is 0.618 bits per heavy atom. The van der Waals surface area contributed by atoms with Crippen LogP contribution in [0, 0.1) is 5.92 Å². The van der Waals surface area contributed by atoms with Crippen molar-refractivity contribution in [2.45, 2.75) is 206 Å². The summed E-state index contributed by atoms with van der Waals surface area (Å²) in [6.07, 6.45) is 42.9. The van der Waals surface area contributed by atoms with Crippen LogP contribution in [0.25, 0.3) is 0 Å². The quantitative estimate of drug-likeness (QED) is 0.0182. The summed E-state index contributed by atoms with van der Waals surface area (Å²) in [5.74, 6) is -0.152. The van der Waals surface area contributed by atoms with E-state index in [2.05, 4.69) is 31.4 Å². The summed E-state index contributed by atoms with van der Waals surface area (Å²) in [5, 5.41) is 10.0. The fourth-order valence-corrected chi connectivity index (χ4v) is 6.40. The van der Waals surface area contributed by atoms with Gasteiger partial charge in [-0.25, -0.2) is 4.57 Å². The molecule has 0 aromatic heterocycles. The lowest BCUT2D eigenvalue weighted by Crippen LogP contribution is -2.29. The number of hydrogen-bond donors (Lipinski definition) is 3. The Morgan fingerprint density at radius 2 is 1.16 bits per heavy atom. The van der Waals surface area contributed by atoms with E-state index < -0.39 is 38.6 Å². The summed E-state index contributed by atoms with van der Waals surface area (Å²) in [6, 6.07) is 0. The molecule has 0 radical (unpaired) electrons. The molecule has 9 nitrogen and oxygen atoms in total. The molecule has 3 N–H and O–H groups in total. The fraction of sp³-hybridized carbons (Fsp3) is 0.778. The van der Waals surface area contributed by atoms with Gasteiger partial charge >= 0.3 is 19.8 Å². The van der Waals surface area contributed by atoms with E-state index in [0.29, 0.717) is 32.1 Å². The number of carbonyl (C=O) groups is 2. The lowest BCUT2D eigenvalue weighted by atomic mass is 10.0. The van der Waals surface area contributed by atoms with Crippen LogP contribution in [-0.4, -0.2) is 52.3 Å². The van der Waals surface area contributed by atoms with Crippen LogP contribution in [0.4, 0.5) is 0 Å². The molecule has 2 atom stereocenters. The van der Waals surface area contributed by atoms with E-state index in [-0.39, 0.29) is 19.4 Å². The highest BCUT2D eigenvalue weighted by molar-refractivity contribution is 7.46. The molecule has 0 aliphatic rings. The van der Waals surface area contributed by atoms with Gasteiger partial charge in [-0.2, -0.15) is 0 Å². The largest absolute Gasteiger partial charge is 0.469 e. The zero-order chi connectivity index (χ0) is 40.7. The molecule has 0 heterocycles. The second-order valence-electron chi connectivity index (χ2n) is 15.4. The second kappa shape index (κ2) is 38.8. The van der Waals surface area contributed by atoms with Crippen molar-refractivity contribution in [2.24, 2.45) is 5.92 Å². The molecule has 0 aromatic rings. The Hall–Kier alpha value is -2.03. The standard InChI is InChI=1S/C45H81O9P/c1-4-5-6-7-19-25-30-35-42(46)36-31-26-21-18-23-28-33-38-45(48)54-43(40-53-55(49,50)51)39-52-44(47)37-32-27-22-17-15-13-11-9-8-10-12-14-16-20-24-29-34-41(2)3/h18-19,23,25-26,30-31,35,41-43,46H,4-17,20-22,24,27-29,32-34,36-40H2,1-3H3,(H2,49,50,51)/b23-18+,25-19-,31-26-,35-30-/t42-,43+/m0/s1. The van der Waals surface area contributed by atoms with Gasteiger partial charge in [0.25, 0.3) is 0 Å². The van der Waals surface area contributed by atoms with Crippen LogP contribution in [0.3, 0.4) is 0 Å². The number of aliphatic hydroxyl groups is 1. The Morgan fingerprint density at radius 3 is 1.75 bits per heavy atom. The SMILES string of the molecule is CCCCC/C=C\C=C/[C@H](O)C/C=C\C/C=C/CCCC(=O)O[C@H](COC(=O)CCCCCCCCCCCCCCCCCCC(C)C)COP(=O)(O)O. The predicted molar refractivity (Wildman–Crippen MR) is 227 cm³/mol. The van der Waals surface area contributed by atoms with Crippen LogP contribution >= 0.6 is 7.82 Å². The van der Waals surface area contributed by atoms with Crippen LogP contribution in [0.2, 0.25) is 0 Å². The highest BCUT2D eigenvalue weighted by atomic mass is 31.2. The molecule has 0 fully saturated rings. The maximum Gasteiger partial charge on any atom is 0.469 e. The first kappa shape index (κ1) is 53.0. The molecule has 0 aromatic carbocycles. The summed E-state index contributed by atoms with van der Waals surface area (Å²) >= 11 is 0. The Labute approximate surface area is 336 Å². The molecular weight excluding hydrogens is 715 g/mol. The van der Waals surface area contributed by atoms with Gasteiger partial charge in [-0.15, -0.1) is 0 Å². The van der Waals surface area contributed by atoms with E-state index in [4.69, 9.17) is 19.3 Å². The van der Waals surface area contributed by atoms with Gasteiger partial charge in [0.1, 0.15) is 6.61 Å². The first-order chi connectivity index (χ1) is 26.5. The summed E-state index contributed by atoms with van der Waals surface area (Å²) < 4.78 is 26.3. The maximum absolute atomic E-state index is 12.4. The average molecular weight is 797 g/mol. The Kier molecular flexibility index (Phi) is 37.4. The summed E-state index contributed by atoms with van der Waals surface area (Å²) in [4.78, 5) is 42.9. The number of ether oxygens (including phenoxy) is 2. The number of esters is 2. The van der Waals surface area contributed by atoms with Gasteiger partial charge in [0.15, 0.2) is 6.10 Å². The van der Waals surface area contributed by atoms with Crippen LogP contribution in [0.5, 0.6) is 0 Å². The minimum absolute atomic E-state index is 0.102. The van der Waals surface area contributed by atoms with E-state index in [1.54, 1.807) is 6.08 Å². The third-order valence-electron chi connectivity index (χ3n) is 9.36. The van der Waals surface area contributed by atoms with E-state index >= 15 is 0 Å². The summed E-state index contributed by atoms with van der Waals surface area (Å²) in [5.41, 5.74) is 0. The van der Waals surface area contributed by atoms with E-state index in [1.165, 1.54) is 103 Å². The van der Waals surface area contributed by atoms with Crippen molar-refractivity contribution in [3.8, 4) is 0 Å². The van der Waals surface area contributed by atoms with E-state index in [1.807, 2.05) is 36.5 Å². The third kappa shape index (κ3) is 42.9. The van der Waals surface area contributed by atoms with Gasteiger partial charge in [-0.3, -0.25) is 14.1 Å². The smallest absolute Gasteiger partial charge is 0.462 e. The number of unbranched alkanes of at least 4 members (excludes halogenated alkanes) is 19. The van der Waals surface area contributed by atoms with Gasteiger partial charge in [0.05, 0.1) is 12.7 Å². The topological polar surface area (TPSA) is 140 Å². The number of phosphoric ester groups is 1. The van der Waals surface area contributed by atoms with Crippen molar-refractivity contribution in [1.82, 2.24) is 0 Å². The molecule has 0 bridgehead atoms. The predicted octanol–water partition coefficient (Wildman–Crippen LogP) is 12.3. The third-order valence-corrected chi connectivity index (χ3v) is 9.84. The molecule has 0 saturated heterocycles. The van der Waals surface area contributed by atoms with Gasteiger partial charge in [0, 0.05) is 12.8 Å². The monoisotopic (exact) mass is 797 g/mol. The lowest BCUT2D eigenvalue weighted by molar-refractivity contribution is -0.161. The number of phosphoric acid groups is 1. The molecule has 0 aliphatic carbocycles. The van der Waals surface area contributed by atoms with Crippen molar-refractivity contribution in [3.63, 3.8) is 0 Å². The summed E-state index contributed by atoms with van der Waals surface area (Å²) in [6.45, 7) is 5.90. The lowest BCUT2D eigenvalue weighted by Gasteiger charge is -2.18. The van der Waals surface area contributed by atoms with Crippen molar-refractivity contribution in [2.75, 3.05) is 13.2 Å². The first-order valence-electron chi connectivity index (χ1n) is 21.9. The van der Waals surface area contributed by atoms with Crippen LogP contribution in [-0.2, 0) is 28.2 Å². The fourth-order valence-electron chi connectivity index (χ4n) is 6.04. The minimum Gasteiger partial charge on any atom is -0.462 e. The van der Waals surface area contributed by atoms with E-state index in [0.717, 1.165) is 31.6 Å². The number of hydrogen-bond acceptors (Lipinski definition) is 7. The van der Waals surface area contributed by atoms with E-state index in [9.17, 15) is 19.3 Å². The second-order valence-corrected chi connectivity index (χ2v) is 16.6. The zero-order valence-electron chi connectivity index (χ0n) is 35.1. The molecule has 0 unspecified atom stereocenters. The van der Waals surface area contributed by atoms with Gasteiger partial charge < -0.3 is 24.4 Å².